The Morgan fingerprint density at radius 2 is 1.92 bits per heavy atom. The summed E-state index contributed by atoms with van der Waals surface area (Å²) in [4.78, 5) is 31.4. The summed E-state index contributed by atoms with van der Waals surface area (Å²) in [6, 6.07) is 13.5. The first kappa shape index (κ1) is 16.4. The molecule has 1 saturated heterocycles. The lowest BCUT2D eigenvalue weighted by Crippen LogP contribution is -2.47. The second-order valence-electron chi connectivity index (χ2n) is 6.52. The number of benzene rings is 2. The molecular weight excluding hydrogens is 333 g/mol. The molecule has 1 aliphatic heterocycles. The van der Waals surface area contributed by atoms with Crippen LogP contribution in [0, 0.1) is 12.7 Å². The quantitative estimate of drug-likeness (QED) is 0.729. The number of carbonyl (C=O) groups is 1. The highest BCUT2D eigenvalue weighted by molar-refractivity contribution is 5.81. The number of nitrogens with zero attached hydrogens (tertiary/aromatic N) is 3. The van der Waals surface area contributed by atoms with Crippen LogP contribution >= 0.6 is 0 Å². The smallest absolute Gasteiger partial charge is 0.272 e. The Kier molecular flexibility index (Phi) is 4.03. The number of halogens is 1. The summed E-state index contributed by atoms with van der Waals surface area (Å²) in [5, 5.41) is 0. The molecule has 26 heavy (non-hydrogen) atoms. The van der Waals surface area contributed by atoms with E-state index in [9.17, 15) is 14.0 Å². The van der Waals surface area contributed by atoms with Crippen molar-refractivity contribution in [2.24, 2.45) is 0 Å². The van der Waals surface area contributed by atoms with Gasteiger partial charge >= 0.3 is 0 Å². The zero-order valence-corrected chi connectivity index (χ0v) is 14.4. The van der Waals surface area contributed by atoms with Crippen LogP contribution in [-0.4, -0.2) is 26.9 Å². The molecule has 0 bridgehead atoms. The Labute approximate surface area is 149 Å². The molecule has 4 rings (SSSR count). The predicted octanol–water partition coefficient (Wildman–Crippen LogP) is 2.82. The molecular formula is C20H18FN3O2. The van der Waals surface area contributed by atoms with Crippen molar-refractivity contribution in [3.63, 3.8) is 0 Å². The minimum Gasteiger partial charge on any atom is -0.334 e. The van der Waals surface area contributed by atoms with Crippen molar-refractivity contribution < 1.29 is 9.18 Å². The summed E-state index contributed by atoms with van der Waals surface area (Å²) in [6.07, 6.45) is 0.836. The molecule has 1 fully saturated rings. The van der Waals surface area contributed by atoms with E-state index >= 15 is 0 Å². The van der Waals surface area contributed by atoms with Gasteiger partial charge in [-0.3, -0.25) is 14.2 Å². The van der Waals surface area contributed by atoms with Crippen LogP contribution in [0.1, 0.15) is 23.7 Å². The van der Waals surface area contributed by atoms with Crippen molar-refractivity contribution in [2.75, 3.05) is 6.54 Å². The number of hydrogen-bond acceptors (Lipinski definition) is 3. The summed E-state index contributed by atoms with van der Waals surface area (Å²) in [5.74, 6) is -0.417. The molecule has 1 atom stereocenters. The van der Waals surface area contributed by atoms with E-state index in [0.717, 1.165) is 12.0 Å². The zero-order valence-electron chi connectivity index (χ0n) is 14.4. The van der Waals surface area contributed by atoms with Crippen molar-refractivity contribution in [2.45, 2.75) is 25.9 Å². The van der Waals surface area contributed by atoms with Crippen molar-refractivity contribution >= 4 is 16.9 Å². The topological polar surface area (TPSA) is 55.2 Å². The Bertz CT molecular complexity index is 1040. The number of aromatic nitrogens is 2. The van der Waals surface area contributed by atoms with Gasteiger partial charge in [-0.05, 0) is 43.2 Å². The second kappa shape index (κ2) is 6.37. The van der Waals surface area contributed by atoms with E-state index in [1.165, 1.54) is 16.7 Å². The highest BCUT2D eigenvalue weighted by atomic mass is 19.1. The van der Waals surface area contributed by atoms with E-state index in [1.807, 2.05) is 18.2 Å². The monoisotopic (exact) mass is 351 g/mol. The molecule has 3 aromatic rings. The lowest BCUT2D eigenvalue weighted by molar-refractivity contribution is -0.139. The maximum atomic E-state index is 13.1. The number of carbonyl (C=O) groups excluding carboxylic acids is 1. The fraction of sp³-hybridized carbons (Fsp3) is 0.250. The van der Waals surface area contributed by atoms with Crippen LogP contribution < -0.4 is 5.56 Å². The summed E-state index contributed by atoms with van der Waals surface area (Å²) < 4.78 is 14.6. The van der Waals surface area contributed by atoms with Gasteiger partial charge in [0.2, 0.25) is 5.91 Å². The van der Waals surface area contributed by atoms with E-state index < -0.39 is 0 Å². The molecule has 0 spiro atoms. The number of rotatable bonds is 3. The average molecular weight is 351 g/mol. The average Bonchev–Trinajstić information content (AvgIpc) is 2.60. The molecule has 0 aliphatic carbocycles. The lowest BCUT2D eigenvalue weighted by atomic mass is 9.94. The number of amides is 1. The second-order valence-corrected chi connectivity index (χ2v) is 6.52. The van der Waals surface area contributed by atoms with Gasteiger partial charge in [-0.2, -0.15) is 0 Å². The van der Waals surface area contributed by atoms with Crippen LogP contribution in [0.5, 0.6) is 0 Å². The molecule has 2 aromatic carbocycles. The maximum Gasteiger partial charge on any atom is 0.272 e. The Balaban J connectivity index is 1.63. The number of likely N-dealkylation sites (tertiary alicyclic amines) is 1. The summed E-state index contributed by atoms with van der Waals surface area (Å²) in [7, 11) is 0. The van der Waals surface area contributed by atoms with Gasteiger partial charge in [-0.1, -0.05) is 24.3 Å². The third-order valence-electron chi connectivity index (χ3n) is 4.90. The number of hydrogen-bond donors (Lipinski definition) is 0. The third-order valence-corrected chi connectivity index (χ3v) is 4.90. The van der Waals surface area contributed by atoms with E-state index in [4.69, 9.17) is 0 Å². The largest absolute Gasteiger partial charge is 0.334 e. The molecule has 1 amide bonds. The summed E-state index contributed by atoms with van der Waals surface area (Å²) in [6.45, 7) is 2.26. The van der Waals surface area contributed by atoms with Gasteiger partial charge < -0.3 is 4.90 Å². The highest BCUT2D eigenvalue weighted by Crippen LogP contribution is 2.33. The third kappa shape index (κ3) is 2.77. The number of para-hydroxylation sites is 2. The van der Waals surface area contributed by atoms with E-state index in [-0.39, 0.29) is 29.9 Å². The predicted molar refractivity (Wildman–Crippen MR) is 96.2 cm³/mol. The van der Waals surface area contributed by atoms with Crippen LogP contribution in [0.25, 0.3) is 11.0 Å². The molecule has 1 aromatic heterocycles. The van der Waals surface area contributed by atoms with Crippen LogP contribution in [0.4, 0.5) is 4.39 Å². The van der Waals surface area contributed by atoms with Crippen molar-refractivity contribution in [1.82, 2.24) is 14.5 Å². The first-order chi connectivity index (χ1) is 12.5. The summed E-state index contributed by atoms with van der Waals surface area (Å²) in [5.41, 5.74) is 2.37. The van der Waals surface area contributed by atoms with Crippen LogP contribution in [0.3, 0.4) is 0 Å². The Morgan fingerprint density at radius 1 is 1.19 bits per heavy atom. The van der Waals surface area contributed by atoms with E-state index in [2.05, 4.69) is 4.98 Å². The molecule has 132 valence electrons. The standard InChI is InChI=1S/C20H18FN3O2/c1-13-20(26)24(18-5-3-2-4-16(18)22-13)12-19(25)23-11-10-17(23)14-6-8-15(21)9-7-14/h2-9,17H,10-12H2,1H3. The zero-order chi connectivity index (χ0) is 18.3. The van der Waals surface area contributed by atoms with Gasteiger partial charge in [0.05, 0.1) is 17.1 Å². The van der Waals surface area contributed by atoms with Gasteiger partial charge in [0.15, 0.2) is 0 Å². The highest BCUT2D eigenvalue weighted by Gasteiger charge is 2.33. The minimum absolute atomic E-state index is 0.0274. The van der Waals surface area contributed by atoms with Crippen molar-refractivity contribution in [3.8, 4) is 0 Å². The normalized spacial score (nSPS) is 16.5. The minimum atomic E-state index is -0.295. The summed E-state index contributed by atoms with van der Waals surface area (Å²) >= 11 is 0. The molecule has 0 radical (unpaired) electrons. The van der Waals surface area contributed by atoms with Crippen LogP contribution in [0.15, 0.2) is 53.3 Å². The van der Waals surface area contributed by atoms with E-state index in [0.29, 0.717) is 23.3 Å². The Morgan fingerprint density at radius 3 is 2.62 bits per heavy atom. The van der Waals surface area contributed by atoms with E-state index in [1.54, 1.807) is 30.0 Å². The fourth-order valence-electron chi connectivity index (χ4n) is 3.42. The maximum absolute atomic E-state index is 13.1. The lowest BCUT2D eigenvalue weighted by Gasteiger charge is -2.41. The van der Waals surface area contributed by atoms with Gasteiger partial charge in [0, 0.05) is 6.54 Å². The van der Waals surface area contributed by atoms with Gasteiger partial charge in [0.25, 0.3) is 5.56 Å². The number of aryl methyl sites for hydroxylation is 1. The first-order valence-electron chi connectivity index (χ1n) is 8.56. The van der Waals surface area contributed by atoms with Gasteiger partial charge in [-0.15, -0.1) is 0 Å². The first-order valence-corrected chi connectivity index (χ1v) is 8.56. The van der Waals surface area contributed by atoms with Gasteiger partial charge in [-0.25, -0.2) is 9.37 Å². The fourth-order valence-corrected chi connectivity index (χ4v) is 3.42. The molecule has 6 heteroatoms. The molecule has 1 unspecified atom stereocenters. The van der Waals surface area contributed by atoms with Crippen molar-refractivity contribution in [3.05, 3.63) is 76.0 Å². The Hall–Kier alpha value is -3.02. The van der Waals surface area contributed by atoms with Gasteiger partial charge in [0.1, 0.15) is 18.1 Å². The molecule has 0 saturated carbocycles. The SMILES string of the molecule is Cc1nc2ccccc2n(CC(=O)N2CCC2c2ccc(F)cc2)c1=O. The molecule has 0 N–H and O–H groups in total. The molecule has 2 heterocycles. The van der Waals surface area contributed by atoms with Crippen LogP contribution in [-0.2, 0) is 11.3 Å². The number of fused-ring (bicyclic) bond motifs is 1. The molecule has 5 nitrogen and oxygen atoms in total. The van der Waals surface area contributed by atoms with Crippen LogP contribution in [0.2, 0.25) is 0 Å². The molecule has 1 aliphatic rings. The van der Waals surface area contributed by atoms with Crippen molar-refractivity contribution in [1.29, 1.82) is 0 Å².